The van der Waals surface area contributed by atoms with Gasteiger partial charge in [0.25, 0.3) is 0 Å². The molecule has 18 heavy (non-hydrogen) atoms. The highest BCUT2D eigenvalue weighted by Gasteiger charge is 2.32. The summed E-state index contributed by atoms with van der Waals surface area (Å²) < 4.78 is 36.5. The lowest BCUT2D eigenvalue weighted by atomic mass is 9.86. The summed E-state index contributed by atoms with van der Waals surface area (Å²) in [6.07, 6.45) is -0.555. The zero-order chi connectivity index (χ0) is 13.8. The molecule has 0 heterocycles. The van der Waals surface area contributed by atoms with Gasteiger partial charge in [-0.2, -0.15) is 18.4 Å². The molecule has 0 aromatic heterocycles. The third-order valence-corrected chi connectivity index (χ3v) is 2.95. The van der Waals surface area contributed by atoms with Crippen molar-refractivity contribution in [3.63, 3.8) is 0 Å². The number of hydrogen-bond acceptors (Lipinski definition) is 3. The first kappa shape index (κ1) is 14.6. The molecule has 0 aromatic carbocycles. The van der Waals surface area contributed by atoms with Crippen molar-refractivity contribution in [1.29, 1.82) is 10.7 Å². The van der Waals surface area contributed by atoms with Crippen molar-refractivity contribution in [2.24, 2.45) is 5.92 Å². The number of halogens is 3. The first-order valence-electron chi connectivity index (χ1n) is 5.83. The second-order valence-corrected chi connectivity index (χ2v) is 4.57. The van der Waals surface area contributed by atoms with Crippen LogP contribution in [0.3, 0.4) is 0 Å². The summed E-state index contributed by atoms with van der Waals surface area (Å²) in [6.45, 7) is 1.51. The molecule has 0 spiro atoms. The average Bonchev–Trinajstić information content (AvgIpc) is 2.27. The first-order valence-corrected chi connectivity index (χ1v) is 5.83. The fourth-order valence-electron chi connectivity index (χ4n) is 2.10. The van der Waals surface area contributed by atoms with Crippen LogP contribution in [0.25, 0.3) is 0 Å². The van der Waals surface area contributed by atoms with Crippen molar-refractivity contribution in [2.75, 3.05) is 0 Å². The SMILES string of the molecule is C/C(=C/C(=N)C(F)(F)F)NC1CCCC(C#N)C1. The van der Waals surface area contributed by atoms with Crippen molar-refractivity contribution in [3.8, 4) is 6.07 Å². The van der Waals surface area contributed by atoms with Gasteiger partial charge in [-0.3, -0.25) is 5.41 Å². The summed E-state index contributed by atoms with van der Waals surface area (Å²) in [4.78, 5) is 0. The Hall–Kier alpha value is -1.51. The summed E-state index contributed by atoms with van der Waals surface area (Å²) in [7, 11) is 0. The van der Waals surface area contributed by atoms with E-state index in [1.807, 2.05) is 0 Å². The predicted molar refractivity (Wildman–Crippen MR) is 62.0 cm³/mol. The molecule has 2 unspecified atom stereocenters. The lowest BCUT2D eigenvalue weighted by Gasteiger charge is -2.27. The molecular weight excluding hydrogens is 243 g/mol. The summed E-state index contributed by atoms with van der Waals surface area (Å²) in [5, 5.41) is 18.6. The lowest BCUT2D eigenvalue weighted by Crippen LogP contribution is -2.33. The summed E-state index contributed by atoms with van der Waals surface area (Å²) in [5.74, 6) is -0.0221. The van der Waals surface area contributed by atoms with E-state index in [9.17, 15) is 13.2 Å². The highest BCUT2D eigenvalue weighted by atomic mass is 19.4. The molecule has 0 aromatic rings. The van der Waals surface area contributed by atoms with Gasteiger partial charge in [-0.05, 0) is 32.3 Å². The first-order chi connectivity index (χ1) is 8.32. The van der Waals surface area contributed by atoms with Gasteiger partial charge in [0.1, 0.15) is 5.71 Å². The van der Waals surface area contributed by atoms with Crippen molar-refractivity contribution in [3.05, 3.63) is 11.8 Å². The van der Waals surface area contributed by atoms with Gasteiger partial charge in [-0.25, -0.2) is 0 Å². The number of nitrogens with one attached hydrogen (secondary N) is 2. The number of rotatable bonds is 3. The normalized spacial score (nSPS) is 25.4. The largest absolute Gasteiger partial charge is 0.432 e. The van der Waals surface area contributed by atoms with E-state index in [0.717, 1.165) is 25.3 Å². The molecule has 2 atom stereocenters. The molecule has 0 aliphatic heterocycles. The number of nitrogens with zero attached hydrogens (tertiary/aromatic N) is 1. The molecule has 0 amide bonds. The van der Waals surface area contributed by atoms with E-state index in [1.165, 1.54) is 6.92 Å². The predicted octanol–water partition coefficient (Wildman–Crippen LogP) is 3.14. The molecule has 1 rings (SSSR count). The number of nitriles is 1. The van der Waals surface area contributed by atoms with Crippen molar-refractivity contribution in [1.82, 2.24) is 5.32 Å². The Balaban J connectivity index is 2.54. The topological polar surface area (TPSA) is 59.7 Å². The Kier molecular flexibility index (Phi) is 4.76. The molecule has 1 aliphatic carbocycles. The van der Waals surface area contributed by atoms with Crippen LogP contribution in [0.5, 0.6) is 0 Å². The average molecular weight is 259 g/mol. The summed E-state index contributed by atoms with van der Waals surface area (Å²) in [5.41, 5.74) is -1.04. The number of alkyl halides is 3. The van der Waals surface area contributed by atoms with Gasteiger partial charge >= 0.3 is 6.18 Å². The maximum absolute atomic E-state index is 12.2. The quantitative estimate of drug-likeness (QED) is 0.765. The van der Waals surface area contributed by atoms with E-state index in [2.05, 4.69) is 11.4 Å². The van der Waals surface area contributed by atoms with Crippen LogP contribution in [-0.2, 0) is 0 Å². The maximum atomic E-state index is 12.2. The number of hydrogen-bond donors (Lipinski definition) is 2. The molecule has 0 bridgehead atoms. The second-order valence-electron chi connectivity index (χ2n) is 4.57. The molecule has 100 valence electrons. The minimum Gasteiger partial charge on any atom is -0.386 e. The van der Waals surface area contributed by atoms with Crippen molar-refractivity contribution in [2.45, 2.75) is 44.8 Å². The molecule has 2 N–H and O–H groups in total. The van der Waals surface area contributed by atoms with E-state index >= 15 is 0 Å². The van der Waals surface area contributed by atoms with Crippen LogP contribution in [-0.4, -0.2) is 17.9 Å². The van der Waals surface area contributed by atoms with Gasteiger partial charge in [0.15, 0.2) is 0 Å². The molecular formula is C12H16F3N3. The summed E-state index contributed by atoms with van der Waals surface area (Å²) >= 11 is 0. The Bertz CT molecular complexity index is 379. The molecule has 1 aliphatic rings. The molecule has 3 nitrogen and oxygen atoms in total. The van der Waals surface area contributed by atoms with E-state index in [-0.39, 0.29) is 12.0 Å². The van der Waals surface area contributed by atoms with Crippen LogP contribution in [0, 0.1) is 22.7 Å². The van der Waals surface area contributed by atoms with Gasteiger partial charge in [0.2, 0.25) is 0 Å². The zero-order valence-corrected chi connectivity index (χ0v) is 10.1. The Labute approximate surface area is 104 Å². The summed E-state index contributed by atoms with van der Waals surface area (Å²) in [6, 6.07) is 2.22. The maximum Gasteiger partial charge on any atom is 0.432 e. The smallest absolute Gasteiger partial charge is 0.386 e. The minimum absolute atomic E-state index is 0.0221. The van der Waals surface area contributed by atoms with Gasteiger partial charge < -0.3 is 5.32 Å². The van der Waals surface area contributed by atoms with Crippen LogP contribution >= 0.6 is 0 Å². The minimum atomic E-state index is -4.61. The van der Waals surface area contributed by atoms with E-state index in [0.29, 0.717) is 12.1 Å². The zero-order valence-electron chi connectivity index (χ0n) is 10.1. The molecule has 1 fully saturated rings. The Morgan fingerprint density at radius 2 is 2.11 bits per heavy atom. The fraction of sp³-hybridized carbons (Fsp3) is 0.667. The monoisotopic (exact) mass is 259 g/mol. The van der Waals surface area contributed by atoms with Crippen molar-refractivity contribution >= 4 is 5.71 Å². The van der Waals surface area contributed by atoms with E-state index < -0.39 is 11.9 Å². The van der Waals surface area contributed by atoms with E-state index in [4.69, 9.17) is 10.7 Å². The van der Waals surface area contributed by atoms with Crippen LogP contribution < -0.4 is 5.32 Å². The van der Waals surface area contributed by atoms with Gasteiger partial charge in [-0.1, -0.05) is 6.42 Å². The van der Waals surface area contributed by atoms with Crippen LogP contribution in [0.15, 0.2) is 11.8 Å². The fourth-order valence-corrected chi connectivity index (χ4v) is 2.10. The highest BCUT2D eigenvalue weighted by molar-refractivity contribution is 5.97. The van der Waals surface area contributed by atoms with Gasteiger partial charge in [0, 0.05) is 17.7 Å². The third-order valence-electron chi connectivity index (χ3n) is 2.95. The molecule has 0 saturated heterocycles. The van der Waals surface area contributed by atoms with Gasteiger partial charge in [0.05, 0.1) is 6.07 Å². The lowest BCUT2D eigenvalue weighted by molar-refractivity contribution is -0.0584. The van der Waals surface area contributed by atoms with Gasteiger partial charge in [-0.15, -0.1) is 0 Å². The standard InChI is InChI=1S/C12H16F3N3/c1-8(5-11(17)12(13,14)15)18-10-4-2-3-9(6-10)7-16/h5,9-10,17-18H,2-4,6H2,1H3/b8-5-,17-11?. The Morgan fingerprint density at radius 1 is 1.44 bits per heavy atom. The Morgan fingerprint density at radius 3 is 2.67 bits per heavy atom. The molecule has 6 heteroatoms. The van der Waals surface area contributed by atoms with Crippen molar-refractivity contribution < 1.29 is 13.2 Å². The van der Waals surface area contributed by atoms with Crippen LogP contribution in [0.1, 0.15) is 32.6 Å². The molecule has 1 saturated carbocycles. The van der Waals surface area contributed by atoms with E-state index in [1.54, 1.807) is 0 Å². The number of allylic oxidation sites excluding steroid dienone is 2. The second kappa shape index (κ2) is 5.89. The molecule has 0 radical (unpaired) electrons. The third kappa shape index (κ3) is 4.40. The highest BCUT2D eigenvalue weighted by Crippen LogP contribution is 2.24. The van der Waals surface area contributed by atoms with Crippen LogP contribution in [0.2, 0.25) is 0 Å². The van der Waals surface area contributed by atoms with Crippen LogP contribution in [0.4, 0.5) is 13.2 Å².